The van der Waals surface area contributed by atoms with Gasteiger partial charge >= 0.3 is 0 Å². The zero-order chi connectivity index (χ0) is 12.3. The zero-order valence-electron chi connectivity index (χ0n) is 9.26. The first-order valence-corrected chi connectivity index (χ1v) is 5.04. The van der Waals surface area contributed by atoms with E-state index in [9.17, 15) is 9.18 Å². The van der Waals surface area contributed by atoms with Crippen molar-refractivity contribution in [2.24, 2.45) is 7.05 Å². The highest BCUT2D eigenvalue weighted by molar-refractivity contribution is 5.79. The van der Waals surface area contributed by atoms with Gasteiger partial charge in [-0.2, -0.15) is 0 Å². The summed E-state index contributed by atoms with van der Waals surface area (Å²) in [5, 5.41) is 0. The molecule has 4 nitrogen and oxygen atoms in total. The highest BCUT2D eigenvalue weighted by Crippen LogP contribution is 2.18. The number of halogens is 1. The van der Waals surface area contributed by atoms with Crippen LogP contribution in [0.5, 0.6) is 5.75 Å². The van der Waals surface area contributed by atoms with Crippen LogP contribution in [0.2, 0.25) is 0 Å². The summed E-state index contributed by atoms with van der Waals surface area (Å²) in [5.74, 6) is 0.618. The summed E-state index contributed by atoms with van der Waals surface area (Å²) in [5.41, 5.74) is 0.194. The van der Waals surface area contributed by atoms with Crippen LogP contribution in [0.3, 0.4) is 0 Å². The SMILES string of the molecule is Cn1ccnc1COc1ccc(F)cc1C=O. The normalized spacial score (nSPS) is 10.2. The maximum absolute atomic E-state index is 12.9. The average Bonchev–Trinajstić information content (AvgIpc) is 2.73. The number of carbonyl (C=O) groups is 1. The molecule has 0 spiro atoms. The number of hydrogen-bond acceptors (Lipinski definition) is 3. The van der Waals surface area contributed by atoms with Crippen LogP contribution in [-0.2, 0) is 13.7 Å². The number of nitrogens with zero attached hydrogens (tertiary/aromatic N) is 2. The van der Waals surface area contributed by atoms with Crippen LogP contribution in [-0.4, -0.2) is 15.8 Å². The largest absolute Gasteiger partial charge is 0.485 e. The van der Waals surface area contributed by atoms with E-state index in [0.717, 1.165) is 11.9 Å². The van der Waals surface area contributed by atoms with E-state index in [1.54, 1.807) is 12.4 Å². The third kappa shape index (κ3) is 2.50. The van der Waals surface area contributed by atoms with E-state index in [4.69, 9.17) is 4.74 Å². The molecule has 0 saturated heterocycles. The fraction of sp³-hybridized carbons (Fsp3) is 0.167. The molecule has 5 heteroatoms. The molecule has 0 aliphatic heterocycles. The number of hydrogen-bond donors (Lipinski definition) is 0. The molecule has 0 bridgehead atoms. The predicted molar refractivity (Wildman–Crippen MR) is 59.3 cm³/mol. The lowest BCUT2D eigenvalue weighted by molar-refractivity contribution is 0.111. The van der Waals surface area contributed by atoms with E-state index in [1.165, 1.54) is 12.1 Å². The van der Waals surface area contributed by atoms with Crippen molar-refractivity contribution in [3.05, 3.63) is 47.8 Å². The molecule has 0 aliphatic carbocycles. The lowest BCUT2D eigenvalue weighted by Crippen LogP contribution is -2.04. The number of rotatable bonds is 4. The first-order chi connectivity index (χ1) is 8.20. The van der Waals surface area contributed by atoms with Crippen LogP contribution >= 0.6 is 0 Å². The van der Waals surface area contributed by atoms with Crippen molar-refractivity contribution in [1.82, 2.24) is 9.55 Å². The highest BCUT2D eigenvalue weighted by atomic mass is 19.1. The third-order valence-electron chi connectivity index (χ3n) is 2.38. The molecule has 0 amide bonds. The van der Waals surface area contributed by atoms with Crippen molar-refractivity contribution < 1.29 is 13.9 Å². The maximum Gasteiger partial charge on any atom is 0.153 e. The summed E-state index contributed by atoms with van der Waals surface area (Å²) in [4.78, 5) is 14.8. The summed E-state index contributed by atoms with van der Waals surface area (Å²) >= 11 is 0. The molecule has 17 heavy (non-hydrogen) atoms. The van der Waals surface area contributed by atoms with Gasteiger partial charge in [0.25, 0.3) is 0 Å². The van der Waals surface area contributed by atoms with Crippen molar-refractivity contribution in [3.8, 4) is 5.75 Å². The van der Waals surface area contributed by atoms with Crippen molar-refractivity contribution in [2.45, 2.75) is 6.61 Å². The van der Waals surface area contributed by atoms with Crippen molar-refractivity contribution in [1.29, 1.82) is 0 Å². The molecule has 0 N–H and O–H groups in total. The number of ether oxygens (including phenoxy) is 1. The first-order valence-electron chi connectivity index (χ1n) is 5.04. The van der Waals surface area contributed by atoms with Gasteiger partial charge in [0.05, 0.1) is 5.56 Å². The van der Waals surface area contributed by atoms with Crippen LogP contribution < -0.4 is 4.74 Å². The maximum atomic E-state index is 12.9. The average molecular weight is 234 g/mol. The molecule has 0 atom stereocenters. The molecular weight excluding hydrogens is 223 g/mol. The number of aldehydes is 1. The predicted octanol–water partition coefficient (Wildman–Crippen LogP) is 1.95. The van der Waals surface area contributed by atoms with Crippen LogP contribution in [0.1, 0.15) is 16.2 Å². The van der Waals surface area contributed by atoms with E-state index in [2.05, 4.69) is 4.98 Å². The summed E-state index contributed by atoms with van der Waals surface area (Å²) < 4.78 is 20.1. The zero-order valence-corrected chi connectivity index (χ0v) is 9.26. The van der Waals surface area contributed by atoms with E-state index < -0.39 is 5.82 Å². The van der Waals surface area contributed by atoms with Gasteiger partial charge in [0.15, 0.2) is 6.29 Å². The monoisotopic (exact) mass is 234 g/mol. The van der Waals surface area contributed by atoms with E-state index >= 15 is 0 Å². The van der Waals surface area contributed by atoms with Gasteiger partial charge in [-0.25, -0.2) is 9.37 Å². The Balaban J connectivity index is 2.14. The smallest absolute Gasteiger partial charge is 0.153 e. The number of carbonyl (C=O) groups excluding carboxylic acids is 1. The molecular formula is C12H11FN2O2. The summed E-state index contributed by atoms with van der Waals surface area (Å²) in [7, 11) is 1.84. The van der Waals surface area contributed by atoms with Crippen LogP contribution in [0.4, 0.5) is 4.39 Å². The molecule has 0 radical (unpaired) electrons. The van der Waals surface area contributed by atoms with Gasteiger partial charge in [0.1, 0.15) is 24.0 Å². The van der Waals surface area contributed by atoms with E-state index in [1.807, 2.05) is 11.6 Å². The molecule has 0 saturated carbocycles. The molecule has 1 aromatic heterocycles. The second kappa shape index (κ2) is 4.78. The van der Waals surface area contributed by atoms with Gasteiger partial charge in [-0.1, -0.05) is 0 Å². The van der Waals surface area contributed by atoms with Crippen LogP contribution in [0.15, 0.2) is 30.6 Å². The highest BCUT2D eigenvalue weighted by Gasteiger charge is 2.06. The minimum atomic E-state index is -0.462. The minimum Gasteiger partial charge on any atom is -0.485 e. The molecule has 88 valence electrons. The van der Waals surface area contributed by atoms with Crippen LogP contribution in [0, 0.1) is 5.82 Å². The summed E-state index contributed by atoms with van der Waals surface area (Å²) in [6.45, 7) is 0.232. The van der Waals surface area contributed by atoms with Crippen molar-refractivity contribution in [2.75, 3.05) is 0 Å². The lowest BCUT2D eigenvalue weighted by Gasteiger charge is -2.08. The topological polar surface area (TPSA) is 44.1 Å². The van der Waals surface area contributed by atoms with Gasteiger partial charge in [-0.3, -0.25) is 4.79 Å². The number of aromatic nitrogens is 2. The second-order valence-electron chi connectivity index (χ2n) is 3.54. The molecule has 2 aromatic rings. The Labute approximate surface area is 97.7 Å². The molecule has 0 fully saturated rings. The number of imidazole rings is 1. The van der Waals surface area contributed by atoms with Gasteiger partial charge < -0.3 is 9.30 Å². The fourth-order valence-electron chi connectivity index (χ4n) is 1.42. The first kappa shape index (κ1) is 11.3. The van der Waals surface area contributed by atoms with Crippen LogP contribution in [0.25, 0.3) is 0 Å². The Morgan fingerprint density at radius 1 is 1.53 bits per heavy atom. The van der Waals surface area contributed by atoms with Gasteiger partial charge in [0, 0.05) is 19.4 Å². The molecule has 0 aliphatic rings. The van der Waals surface area contributed by atoms with Crippen molar-refractivity contribution in [3.63, 3.8) is 0 Å². The number of benzene rings is 1. The van der Waals surface area contributed by atoms with Gasteiger partial charge in [0.2, 0.25) is 0 Å². The molecule has 0 unspecified atom stereocenters. The van der Waals surface area contributed by atoms with Gasteiger partial charge in [-0.15, -0.1) is 0 Å². The Kier molecular flexibility index (Phi) is 3.18. The molecule has 1 aromatic carbocycles. The quantitative estimate of drug-likeness (QED) is 0.759. The minimum absolute atomic E-state index is 0.194. The summed E-state index contributed by atoms with van der Waals surface area (Å²) in [6, 6.07) is 3.82. The Hall–Kier alpha value is -2.17. The molecule has 2 rings (SSSR count). The summed E-state index contributed by atoms with van der Waals surface area (Å²) in [6.07, 6.45) is 4.02. The third-order valence-corrected chi connectivity index (χ3v) is 2.38. The van der Waals surface area contributed by atoms with E-state index in [0.29, 0.717) is 12.0 Å². The van der Waals surface area contributed by atoms with E-state index in [-0.39, 0.29) is 12.2 Å². The van der Waals surface area contributed by atoms with Gasteiger partial charge in [-0.05, 0) is 18.2 Å². The Bertz CT molecular complexity index is 537. The molecule has 1 heterocycles. The standard InChI is InChI=1S/C12H11FN2O2/c1-15-5-4-14-12(15)8-17-11-3-2-10(13)6-9(11)7-16/h2-7H,8H2,1H3. The Morgan fingerprint density at radius 3 is 3.00 bits per heavy atom. The fourth-order valence-corrected chi connectivity index (χ4v) is 1.42. The second-order valence-corrected chi connectivity index (χ2v) is 3.54. The Morgan fingerprint density at radius 2 is 2.35 bits per heavy atom. The number of aryl methyl sites for hydroxylation is 1. The van der Waals surface area contributed by atoms with Crippen molar-refractivity contribution >= 4 is 6.29 Å². The lowest BCUT2D eigenvalue weighted by atomic mass is 10.2.